The molecule has 2 rings (SSSR count). The summed E-state index contributed by atoms with van der Waals surface area (Å²) in [5.41, 5.74) is 1.07. The van der Waals surface area contributed by atoms with Crippen molar-refractivity contribution in [1.82, 2.24) is 4.98 Å². The fourth-order valence-electron chi connectivity index (χ4n) is 1.53. The molecule has 0 spiro atoms. The number of pyridine rings is 1. The first-order chi connectivity index (χ1) is 7.16. The maximum Gasteiger partial charge on any atom is 0.354 e. The first-order valence-corrected chi connectivity index (χ1v) is 5.07. The molecule has 0 saturated heterocycles. The molecule has 1 aliphatic carbocycles. The third-order valence-corrected chi connectivity index (χ3v) is 2.64. The molecule has 80 valence electrons. The molecule has 0 bridgehead atoms. The Morgan fingerprint density at radius 3 is 2.80 bits per heavy atom. The minimum absolute atomic E-state index is 0.0959. The van der Waals surface area contributed by atoms with Gasteiger partial charge in [0.1, 0.15) is 5.69 Å². The van der Waals surface area contributed by atoms with Crippen molar-refractivity contribution in [3.05, 3.63) is 24.0 Å². The van der Waals surface area contributed by atoms with Crippen molar-refractivity contribution in [2.75, 3.05) is 18.5 Å². The summed E-state index contributed by atoms with van der Waals surface area (Å²) in [7, 11) is 2.01. The number of rotatable bonds is 4. The van der Waals surface area contributed by atoms with E-state index in [0.29, 0.717) is 0 Å². The maximum absolute atomic E-state index is 10.6. The van der Waals surface area contributed by atoms with Crippen molar-refractivity contribution < 1.29 is 9.90 Å². The Hall–Kier alpha value is -1.58. The van der Waals surface area contributed by atoms with Gasteiger partial charge in [0.15, 0.2) is 0 Å². The monoisotopic (exact) mass is 206 g/mol. The zero-order valence-corrected chi connectivity index (χ0v) is 8.68. The largest absolute Gasteiger partial charge is 0.477 e. The number of anilines is 1. The van der Waals surface area contributed by atoms with Crippen molar-refractivity contribution >= 4 is 11.7 Å². The van der Waals surface area contributed by atoms with Gasteiger partial charge in [0.25, 0.3) is 0 Å². The van der Waals surface area contributed by atoms with Gasteiger partial charge >= 0.3 is 5.97 Å². The average Bonchev–Trinajstić information content (AvgIpc) is 3.02. The summed E-state index contributed by atoms with van der Waals surface area (Å²) in [5, 5.41) is 8.69. The summed E-state index contributed by atoms with van der Waals surface area (Å²) in [6, 6.07) is 3.35. The van der Waals surface area contributed by atoms with Crippen LogP contribution in [0.15, 0.2) is 18.3 Å². The molecule has 4 nitrogen and oxygen atoms in total. The van der Waals surface area contributed by atoms with Crippen molar-refractivity contribution in [2.45, 2.75) is 12.8 Å². The van der Waals surface area contributed by atoms with Crippen LogP contribution in [0.4, 0.5) is 5.69 Å². The Labute approximate surface area is 88.6 Å². The molecule has 0 radical (unpaired) electrons. The van der Waals surface area contributed by atoms with E-state index in [2.05, 4.69) is 9.88 Å². The molecule has 1 aromatic rings. The molecule has 0 atom stereocenters. The number of nitrogens with zero attached hydrogens (tertiary/aromatic N) is 2. The Balaban J connectivity index is 2.04. The lowest BCUT2D eigenvalue weighted by Gasteiger charge is -2.18. The van der Waals surface area contributed by atoms with Crippen LogP contribution in [0.5, 0.6) is 0 Å². The second kappa shape index (κ2) is 3.88. The highest BCUT2D eigenvalue weighted by atomic mass is 16.4. The van der Waals surface area contributed by atoms with E-state index in [-0.39, 0.29) is 5.69 Å². The molecule has 1 heterocycles. The second-order valence-corrected chi connectivity index (χ2v) is 4.03. The van der Waals surface area contributed by atoms with E-state index in [9.17, 15) is 4.79 Å². The number of aromatic nitrogens is 1. The van der Waals surface area contributed by atoms with Gasteiger partial charge in [-0.1, -0.05) is 0 Å². The molecule has 0 unspecified atom stereocenters. The highest BCUT2D eigenvalue weighted by molar-refractivity contribution is 5.85. The Morgan fingerprint density at radius 2 is 2.33 bits per heavy atom. The van der Waals surface area contributed by atoms with Gasteiger partial charge in [0.2, 0.25) is 0 Å². The normalized spacial score (nSPS) is 15.0. The molecule has 0 amide bonds. The number of carboxylic acids is 1. The molecule has 4 heteroatoms. The predicted molar refractivity (Wildman–Crippen MR) is 57.2 cm³/mol. The quantitative estimate of drug-likeness (QED) is 0.813. The van der Waals surface area contributed by atoms with E-state index in [1.54, 1.807) is 18.3 Å². The van der Waals surface area contributed by atoms with Crippen LogP contribution in [-0.4, -0.2) is 29.7 Å². The average molecular weight is 206 g/mol. The van der Waals surface area contributed by atoms with Crippen LogP contribution < -0.4 is 4.90 Å². The number of carbonyl (C=O) groups is 1. The number of aromatic carboxylic acids is 1. The number of hydrogen-bond donors (Lipinski definition) is 1. The van der Waals surface area contributed by atoms with Crippen LogP contribution in [-0.2, 0) is 0 Å². The fraction of sp³-hybridized carbons (Fsp3) is 0.455. The van der Waals surface area contributed by atoms with E-state index in [1.165, 1.54) is 12.8 Å². The SMILES string of the molecule is CN(CC1CC1)c1ccc(C(=O)O)nc1. The highest BCUT2D eigenvalue weighted by Gasteiger charge is 2.23. The Bertz CT molecular complexity index is 357. The molecular formula is C11H14N2O2. The van der Waals surface area contributed by atoms with Crippen LogP contribution in [0, 0.1) is 5.92 Å². The summed E-state index contributed by atoms with van der Waals surface area (Å²) in [4.78, 5) is 16.6. The van der Waals surface area contributed by atoms with Crippen LogP contribution >= 0.6 is 0 Å². The topological polar surface area (TPSA) is 53.4 Å². The molecule has 1 fully saturated rings. The summed E-state index contributed by atoms with van der Waals surface area (Å²) >= 11 is 0. The first kappa shape index (κ1) is 9.96. The summed E-state index contributed by atoms with van der Waals surface area (Å²) in [5.74, 6) is -0.166. The van der Waals surface area contributed by atoms with Gasteiger partial charge in [-0.2, -0.15) is 0 Å². The summed E-state index contributed by atoms with van der Waals surface area (Å²) < 4.78 is 0. The zero-order valence-electron chi connectivity index (χ0n) is 8.68. The molecule has 1 aliphatic rings. The predicted octanol–water partition coefficient (Wildman–Crippen LogP) is 1.63. The Kier molecular flexibility index (Phi) is 2.58. The van der Waals surface area contributed by atoms with Gasteiger partial charge in [-0.05, 0) is 30.9 Å². The van der Waals surface area contributed by atoms with E-state index in [1.807, 2.05) is 7.05 Å². The molecule has 1 saturated carbocycles. The van der Waals surface area contributed by atoms with Gasteiger partial charge in [0.05, 0.1) is 11.9 Å². The van der Waals surface area contributed by atoms with Gasteiger partial charge < -0.3 is 10.0 Å². The van der Waals surface area contributed by atoms with Gasteiger partial charge in [-0.3, -0.25) is 0 Å². The van der Waals surface area contributed by atoms with Crippen molar-refractivity contribution in [3.63, 3.8) is 0 Å². The molecule has 0 aromatic carbocycles. The molecule has 1 N–H and O–H groups in total. The van der Waals surface area contributed by atoms with Crippen molar-refractivity contribution in [3.8, 4) is 0 Å². The lowest BCUT2D eigenvalue weighted by molar-refractivity contribution is 0.0690. The third-order valence-electron chi connectivity index (χ3n) is 2.64. The van der Waals surface area contributed by atoms with Crippen LogP contribution in [0.1, 0.15) is 23.3 Å². The molecule has 0 aliphatic heterocycles. The van der Waals surface area contributed by atoms with Crippen molar-refractivity contribution in [1.29, 1.82) is 0 Å². The smallest absolute Gasteiger partial charge is 0.354 e. The van der Waals surface area contributed by atoms with Crippen LogP contribution in [0.25, 0.3) is 0 Å². The minimum Gasteiger partial charge on any atom is -0.477 e. The van der Waals surface area contributed by atoms with E-state index < -0.39 is 5.97 Å². The highest BCUT2D eigenvalue weighted by Crippen LogP contribution is 2.30. The van der Waals surface area contributed by atoms with E-state index in [4.69, 9.17) is 5.11 Å². The molecule has 15 heavy (non-hydrogen) atoms. The van der Waals surface area contributed by atoms with Gasteiger partial charge in [-0.15, -0.1) is 0 Å². The lowest BCUT2D eigenvalue weighted by Crippen LogP contribution is -2.20. The maximum atomic E-state index is 10.6. The number of carboxylic acid groups (broad SMARTS) is 1. The zero-order chi connectivity index (χ0) is 10.8. The van der Waals surface area contributed by atoms with Crippen LogP contribution in [0.3, 0.4) is 0 Å². The minimum atomic E-state index is -0.980. The molecular weight excluding hydrogens is 192 g/mol. The van der Waals surface area contributed by atoms with Crippen molar-refractivity contribution in [2.24, 2.45) is 5.92 Å². The van der Waals surface area contributed by atoms with Crippen LogP contribution in [0.2, 0.25) is 0 Å². The van der Waals surface area contributed by atoms with Gasteiger partial charge in [-0.25, -0.2) is 9.78 Å². The number of hydrogen-bond acceptors (Lipinski definition) is 3. The van der Waals surface area contributed by atoms with Gasteiger partial charge in [0, 0.05) is 13.6 Å². The molecule has 1 aromatic heterocycles. The Morgan fingerprint density at radius 1 is 1.60 bits per heavy atom. The third kappa shape index (κ3) is 2.46. The second-order valence-electron chi connectivity index (χ2n) is 4.03. The fourth-order valence-corrected chi connectivity index (χ4v) is 1.53. The summed E-state index contributed by atoms with van der Waals surface area (Å²) in [6.07, 6.45) is 4.24. The summed E-state index contributed by atoms with van der Waals surface area (Å²) in [6.45, 7) is 1.04. The standard InChI is InChI=1S/C11H14N2O2/c1-13(7-8-2-3-8)9-4-5-10(11(14)15)12-6-9/h4-6,8H,2-3,7H2,1H3,(H,14,15). The van der Waals surface area contributed by atoms with E-state index in [0.717, 1.165) is 18.2 Å². The lowest BCUT2D eigenvalue weighted by atomic mass is 10.3. The van der Waals surface area contributed by atoms with E-state index >= 15 is 0 Å². The first-order valence-electron chi connectivity index (χ1n) is 5.07.